The Balaban J connectivity index is 1.72. The number of fused-ring (bicyclic) bond motifs is 1. The smallest absolute Gasteiger partial charge is 0.144 e. The third-order valence-corrected chi connectivity index (χ3v) is 5.89. The van der Waals surface area contributed by atoms with Crippen molar-refractivity contribution in [3.8, 4) is 5.75 Å². The number of phenols is 1. The first-order valence-corrected chi connectivity index (χ1v) is 10.5. The number of benzene rings is 2. The second kappa shape index (κ2) is 7.92. The van der Waals surface area contributed by atoms with E-state index >= 15 is 0 Å². The zero-order valence-corrected chi connectivity index (χ0v) is 16.5. The minimum atomic E-state index is -0.419. The van der Waals surface area contributed by atoms with E-state index in [1.165, 1.54) is 0 Å². The van der Waals surface area contributed by atoms with Crippen LogP contribution in [0.5, 0.6) is 5.75 Å². The van der Waals surface area contributed by atoms with Crippen LogP contribution in [-0.4, -0.2) is 52.5 Å². The molecule has 0 aliphatic carbocycles. The molecule has 2 heterocycles. The summed E-state index contributed by atoms with van der Waals surface area (Å²) in [6, 6.07) is 13.6. The predicted molar refractivity (Wildman–Crippen MR) is 109 cm³/mol. The lowest BCUT2D eigenvalue weighted by atomic mass is 10.0. The van der Waals surface area contributed by atoms with Crippen LogP contribution in [0.15, 0.2) is 47.4 Å². The fourth-order valence-electron chi connectivity index (χ4n) is 3.56. The van der Waals surface area contributed by atoms with Gasteiger partial charge in [0.15, 0.2) is 0 Å². The minimum absolute atomic E-state index is 0.150. The van der Waals surface area contributed by atoms with Gasteiger partial charge in [0.1, 0.15) is 17.7 Å². The van der Waals surface area contributed by atoms with E-state index in [9.17, 15) is 5.11 Å². The summed E-state index contributed by atoms with van der Waals surface area (Å²) in [5.74, 6) is 0.981. The molecule has 2 N–H and O–H groups in total. The molecule has 1 atom stereocenters. The normalized spacial score (nSPS) is 17.4. The second-order valence-electron chi connectivity index (χ2n) is 7.08. The van der Waals surface area contributed by atoms with Gasteiger partial charge in [-0.3, -0.25) is 0 Å². The highest BCUT2D eigenvalue weighted by atomic mass is 32.2. The zero-order valence-electron chi connectivity index (χ0n) is 15.7. The number of aromatic nitrogens is 2. The fourth-order valence-corrected chi connectivity index (χ4v) is 4.01. The summed E-state index contributed by atoms with van der Waals surface area (Å²) in [4.78, 5) is 11.6. The van der Waals surface area contributed by atoms with Crippen LogP contribution in [0.2, 0.25) is 0 Å². The molecule has 2 aromatic carbocycles. The van der Waals surface area contributed by atoms with Crippen LogP contribution in [0.1, 0.15) is 30.3 Å². The van der Waals surface area contributed by atoms with Crippen LogP contribution in [-0.2, 0) is 4.74 Å². The van der Waals surface area contributed by atoms with Gasteiger partial charge in [-0.25, -0.2) is 4.98 Å². The third kappa shape index (κ3) is 3.98. The Bertz CT molecular complexity index is 886. The number of imidazole rings is 1. The second-order valence-corrected chi connectivity index (χ2v) is 7.96. The molecule has 27 heavy (non-hydrogen) atoms. The number of nitrogens with one attached hydrogen (secondary N) is 1. The first-order chi connectivity index (χ1) is 13.1. The molecule has 1 unspecified atom stereocenters. The number of likely N-dealkylation sites (tertiary alicyclic amines) is 1. The van der Waals surface area contributed by atoms with Crippen molar-refractivity contribution in [1.29, 1.82) is 0 Å². The van der Waals surface area contributed by atoms with Gasteiger partial charge in [0.25, 0.3) is 0 Å². The van der Waals surface area contributed by atoms with Crippen molar-refractivity contribution in [3.05, 3.63) is 53.9 Å². The number of para-hydroxylation sites is 2. The molecular weight excluding hydrogens is 358 g/mol. The molecule has 0 amide bonds. The average molecular weight is 384 g/mol. The highest BCUT2D eigenvalue weighted by Gasteiger charge is 2.28. The molecule has 4 rings (SSSR count). The largest absolute Gasteiger partial charge is 0.508 e. The van der Waals surface area contributed by atoms with Crippen molar-refractivity contribution in [3.63, 3.8) is 0 Å². The van der Waals surface area contributed by atoms with Gasteiger partial charge in [-0.15, -0.1) is 11.8 Å². The molecular formula is C21H25N3O2S. The van der Waals surface area contributed by atoms with E-state index in [1.807, 2.05) is 42.7 Å². The van der Waals surface area contributed by atoms with Crippen molar-refractivity contribution in [2.75, 3.05) is 26.4 Å². The van der Waals surface area contributed by atoms with Crippen molar-refractivity contribution in [1.82, 2.24) is 14.9 Å². The van der Waals surface area contributed by atoms with Gasteiger partial charge in [-0.2, -0.15) is 0 Å². The van der Waals surface area contributed by atoms with E-state index in [0.29, 0.717) is 0 Å². The van der Waals surface area contributed by atoms with Gasteiger partial charge in [0.2, 0.25) is 0 Å². The van der Waals surface area contributed by atoms with Crippen LogP contribution in [0.3, 0.4) is 0 Å². The van der Waals surface area contributed by atoms with E-state index in [0.717, 1.165) is 53.2 Å². The van der Waals surface area contributed by atoms with E-state index < -0.39 is 6.10 Å². The summed E-state index contributed by atoms with van der Waals surface area (Å²) in [7, 11) is 2.14. The van der Waals surface area contributed by atoms with Gasteiger partial charge in [-0.05, 0) is 56.5 Å². The number of rotatable bonds is 5. The van der Waals surface area contributed by atoms with E-state index in [-0.39, 0.29) is 11.9 Å². The molecule has 1 aliphatic rings. The Morgan fingerprint density at radius 3 is 2.74 bits per heavy atom. The number of nitrogens with zero attached hydrogens (tertiary/aromatic N) is 2. The SMILES string of the molecule is CSc1ccc(O)c(C(OC2CCN(C)CC2)c2nc3ccccc3[nH]2)c1. The van der Waals surface area contributed by atoms with Crippen molar-refractivity contribution < 1.29 is 9.84 Å². The Morgan fingerprint density at radius 2 is 2.00 bits per heavy atom. The molecule has 0 bridgehead atoms. The molecule has 0 spiro atoms. The monoisotopic (exact) mass is 383 g/mol. The molecule has 3 aromatic rings. The Labute approximate surface area is 163 Å². The van der Waals surface area contributed by atoms with Crippen LogP contribution >= 0.6 is 11.8 Å². The van der Waals surface area contributed by atoms with Crippen molar-refractivity contribution in [2.24, 2.45) is 0 Å². The highest BCUT2D eigenvalue weighted by molar-refractivity contribution is 7.98. The van der Waals surface area contributed by atoms with Gasteiger partial charge in [0, 0.05) is 23.5 Å². The van der Waals surface area contributed by atoms with Gasteiger partial charge in [0.05, 0.1) is 17.1 Å². The number of H-pyrrole nitrogens is 1. The summed E-state index contributed by atoms with van der Waals surface area (Å²) in [5, 5.41) is 10.6. The Hall–Kier alpha value is -2.02. The van der Waals surface area contributed by atoms with E-state index in [4.69, 9.17) is 9.72 Å². The number of hydrogen-bond acceptors (Lipinski definition) is 5. The first kappa shape index (κ1) is 18.3. The number of aromatic hydroxyl groups is 1. The highest BCUT2D eigenvalue weighted by Crippen LogP contribution is 2.36. The van der Waals surface area contributed by atoms with E-state index in [1.54, 1.807) is 17.8 Å². The zero-order chi connectivity index (χ0) is 18.8. The summed E-state index contributed by atoms with van der Waals surface area (Å²) >= 11 is 1.65. The third-order valence-electron chi connectivity index (χ3n) is 5.17. The summed E-state index contributed by atoms with van der Waals surface area (Å²) < 4.78 is 6.53. The van der Waals surface area contributed by atoms with Crippen LogP contribution in [0.25, 0.3) is 11.0 Å². The summed E-state index contributed by atoms with van der Waals surface area (Å²) in [5.41, 5.74) is 2.65. The average Bonchev–Trinajstić information content (AvgIpc) is 3.12. The molecule has 1 aliphatic heterocycles. The number of aromatic amines is 1. The lowest BCUT2D eigenvalue weighted by molar-refractivity contribution is -0.0272. The van der Waals surface area contributed by atoms with Crippen LogP contribution < -0.4 is 0 Å². The predicted octanol–water partition coefficient (Wildman–Crippen LogP) is 4.19. The molecule has 6 heteroatoms. The van der Waals surface area contributed by atoms with Gasteiger partial charge >= 0.3 is 0 Å². The fraction of sp³-hybridized carbons (Fsp3) is 0.381. The molecule has 1 fully saturated rings. The summed E-state index contributed by atoms with van der Waals surface area (Å²) in [6.07, 6.45) is 3.73. The van der Waals surface area contributed by atoms with Crippen molar-refractivity contribution in [2.45, 2.75) is 29.9 Å². The lowest BCUT2D eigenvalue weighted by Gasteiger charge is -2.31. The van der Waals surface area contributed by atoms with Gasteiger partial charge < -0.3 is 19.7 Å². The molecule has 0 saturated carbocycles. The number of piperidine rings is 1. The number of ether oxygens (including phenoxy) is 1. The summed E-state index contributed by atoms with van der Waals surface area (Å²) in [6.45, 7) is 2.04. The van der Waals surface area contributed by atoms with Crippen molar-refractivity contribution >= 4 is 22.8 Å². The molecule has 1 aromatic heterocycles. The topological polar surface area (TPSA) is 61.4 Å². The quantitative estimate of drug-likeness (QED) is 0.647. The standard InChI is InChI=1S/C21H25N3O2S/c1-24-11-9-14(10-12-24)26-20(16-13-15(27-2)7-8-19(16)25)21-22-17-5-3-4-6-18(17)23-21/h3-8,13-14,20,25H,9-12H2,1-2H3,(H,22,23). The molecule has 1 saturated heterocycles. The Morgan fingerprint density at radius 1 is 1.22 bits per heavy atom. The Kier molecular flexibility index (Phi) is 5.38. The molecule has 0 radical (unpaired) electrons. The molecule has 142 valence electrons. The van der Waals surface area contributed by atoms with Crippen LogP contribution in [0, 0.1) is 0 Å². The first-order valence-electron chi connectivity index (χ1n) is 9.29. The maximum atomic E-state index is 10.6. The maximum absolute atomic E-state index is 10.6. The maximum Gasteiger partial charge on any atom is 0.144 e. The molecule has 5 nitrogen and oxygen atoms in total. The van der Waals surface area contributed by atoms with Crippen LogP contribution in [0.4, 0.5) is 0 Å². The van der Waals surface area contributed by atoms with Gasteiger partial charge in [-0.1, -0.05) is 12.1 Å². The number of hydrogen-bond donors (Lipinski definition) is 2. The number of phenolic OH excluding ortho intramolecular Hbond substituents is 1. The lowest BCUT2D eigenvalue weighted by Crippen LogP contribution is -2.35. The van der Waals surface area contributed by atoms with E-state index in [2.05, 4.69) is 16.9 Å². The minimum Gasteiger partial charge on any atom is -0.508 e. The number of thioether (sulfide) groups is 1.